The number of fused-ring (bicyclic) bond motifs is 2. The van der Waals surface area contributed by atoms with Crippen LogP contribution in [-0.4, -0.2) is 39.0 Å². The fourth-order valence-corrected chi connectivity index (χ4v) is 3.97. The van der Waals surface area contributed by atoms with Crippen LogP contribution in [0.2, 0.25) is 0 Å². The van der Waals surface area contributed by atoms with E-state index in [0.717, 1.165) is 29.6 Å². The molecule has 0 saturated heterocycles. The van der Waals surface area contributed by atoms with Crippen molar-refractivity contribution in [3.63, 3.8) is 0 Å². The molecule has 0 unspecified atom stereocenters. The van der Waals surface area contributed by atoms with Gasteiger partial charge >= 0.3 is 0 Å². The number of aromatic nitrogens is 4. The number of amides is 1. The Labute approximate surface area is 175 Å². The zero-order valence-corrected chi connectivity index (χ0v) is 16.7. The molecule has 5 rings (SSSR count). The van der Waals surface area contributed by atoms with Gasteiger partial charge in [-0.2, -0.15) is 0 Å². The second-order valence-corrected chi connectivity index (χ2v) is 7.70. The van der Waals surface area contributed by atoms with Crippen molar-refractivity contribution in [1.29, 1.82) is 0 Å². The highest BCUT2D eigenvalue weighted by Crippen LogP contribution is 2.37. The van der Waals surface area contributed by atoms with Crippen molar-refractivity contribution >= 4 is 33.4 Å². The summed E-state index contributed by atoms with van der Waals surface area (Å²) in [6.07, 6.45) is 2.64. The molecule has 1 aliphatic heterocycles. The number of carbonyl (C=O) groups excluding carboxylic acids is 1. The fraction of sp³-hybridized carbons (Fsp3) is 0.200. The first-order valence-corrected chi connectivity index (χ1v) is 10.2. The molecule has 2 aromatic heterocycles. The number of aryl methyl sites for hydroxylation is 1. The monoisotopic (exact) mass is 422 g/mol. The van der Waals surface area contributed by atoms with Gasteiger partial charge in [0.15, 0.2) is 11.5 Å². The van der Waals surface area contributed by atoms with Crippen LogP contribution in [0.4, 0.5) is 5.13 Å². The fourth-order valence-electron chi connectivity index (χ4n) is 3.23. The predicted molar refractivity (Wildman–Crippen MR) is 113 cm³/mol. The number of nitrogens with zero attached hydrogens (tertiary/aromatic N) is 4. The summed E-state index contributed by atoms with van der Waals surface area (Å²) in [5.41, 5.74) is 8.67. The number of anilines is 1. The Bertz CT molecular complexity index is 1230. The molecule has 0 fully saturated rings. The first-order chi connectivity index (χ1) is 14.7. The van der Waals surface area contributed by atoms with Crippen molar-refractivity contribution in [2.45, 2.75) is 13.0 Å². The number of benzene rings is 2. The molecular formula is C20H18N6O3S. The van der Waals surface area contributed by atoms with Gasteiger partial charge in [0.1, 0.15) is 5.01 Å². The van der Waals surface area contributed by atoms with E-state index in [4.69, 9.17) is 15.2 Å². The van der Waals surface area contributed by atoms with Gasteiger partial charge in [-0.3, -0.25) is 10.1 Å². The molecule has 9 nitrogen and oxygen atoms in total. The van der Waals surface area contributed by atoms with Crippen molar-refractivity contribution in [1.82, 2.24) is 19.7 Å². The lowest BCUT2D eigenvalue weighted by Gasteiger charge is -2.04. The quantitative estimate of drug-likeness (QED) is 0.491. The van der Waals surface area contributed by atoms with Gasteiger partial charge in [-0.25, -0.2) is 4.98 Å². The molecule has 1 amide bonds. The van der Waals surface area contributed by atoms with Crippen molar-refractivity contribution in [2.24, 2.45) is 5.73 Å². The summed E-state index contributed by atoms with van der Waals surface area (Å²) in [7, 11) is 0. The van der Waals surface area contributed by atoms with Crippen molar-refractivity contribution in [3.05, 3.63) is 48.3 Å². The Kier molecular flexibility index (Phi) is 4.77. The average molecular weight is 422 g/mol. The van der Waals surface area contributed by atoms with Gasteiger partial charge in [0.2, 0.25) is 11.9 Å². The molecule has 0 spiro atoms. The maximum atomic E-state index is 12.7. The SMILES string of the molecule is NCCCn1cnc2cc(C(=O)Nc3nnc(-c4ccc5c(c4)OCO5)s3)ccc21. The molecule has 0 bridgehead atoms. The molecule has 152 valence electrons. The predicted octanol–water partition coefficient (Wildman–Crippen LogP) is 2.88. The van der Waals surface area contributed by atoms with Crippen molar-refractivity contribution in [3.8, 4) is 22.1 Å². The van der Waals surface area contributed by atoms with E-state index in [-0.39, 0.29) is 12.7 Å². The van der Waals surface area contributed by atoms with E-state index in [9.17, 15) is 4.79 Å². The number of ether oxygens (including phenoxy) is 2. The second kappa shape index (κ2) is 7.73. The zero-order chi connectivity index (χ0) is 20.5. The van der Waals surface area contributed by atoms with Crippen LogP contribution < -0.4 is 20.5 Å². The Hall–Kier alpha value is -3.50. The van der Waals surface area contributed by atoms with Gasteiger partial charge < -0.3 is 19.8 Å². The molecule has 0 radical (unpaired) electrons. The molecule has 0 saturated carbocycles. The standard InChI is InChI=1S/C20H18N6O3S/c21-6-1-7-26-10-22-14-8-12(2-4-15(14)26)18(27)23-20-25-24-19(30-20)13-3-5-16-17(9-13)29-11-28-16/h2-5,8-10H,1,6-7,11,21H2,(H,23,25,27). The highest BCUT2D eigenvalue weighted by Gasteiger charge is 2.17. The summed E-state index contributed by atoms with van der Waals surface area (Å²) in [6, 6.07) is 11.0. The van der Waals surface area contributed by atoms with Crippen LogP contribution in [-0.2, 0) is 6.54 Å². The second-order valence-electron chi connectivity index (χ2n) is 6.72. The van der Waals surface area contributed by atoms with E-state index in [1.807, 2.05) is 28.8 Å². The summed E-state index contributed by atoms with van der Waals surface area (Å²) < 4.78 is 12.8. The lowest BCUT2D eigenvalue weighted by atomic mass is 10.2. The number of hydrogen-bond donors (Lipinski definition) is 2. The lowest BCUT2D eigenvalue weighted by Crippen LogP contribution is -2.11. The van der Waals surface area contributed by atoms with Crippen molar-refractivity contribution < 1.29 is 14.3 Å². The molecular weight excluding hydrogens is 404 g/mol. The van der Waals surface area contributed by atoms with Crippen LogP contribution in [0.3, 0.4) is 0 Å². The minimum atomic E-state index is -0.262. The number of hydrogen-bond acceptors (Lipinski definition) is 8. The highest BCUT2D eigenvalue weighted by atomic mass is 32.1. The Morgan fingerprint density at radius 2 is 2.07 bits per heavy atom. The van der Waals surface area contributed by atoms with Crippen LogP contribution in [0.15, 0.2) is 42.7 Å². The summed E-state index contributed by atoms with van der Waals surface area (Å²) >= 11 is 1.29. The van der Waals surface area contributed by atoms with Gasteiger partial charge in [0.05, 0.1) is 17.4 Å². The largest absolute Gasteiger partial charge is 0.454 e. The van der Waals surface area contributed by atoms with E-state index in [0.29, 0.717) is 33.7 Å². The van der Waals surface area contributed by atoms with Gasteiger partial charge in [-0.05, 0) is 49.4 Å². The molecule has 2 aromatic carbocycles. The van der Waals surface area contributed by atoms with Crippen LogP contribution in [0.25, 0.3) is 21.6 Å². The highest BCUT2D eigenvalue weighted by molar-refractivity contribution is 7.18. The minimum Gasteiger partial charge on any atom is -0.454 e. The number of nitrogens with one attached hydrogen (secondary N) is 1. The average Bonchev–Trinajstić information content (AvgIpc) is 3.50. The Balaban J connectivity index is 1.32. The first-order valence-electron chi connectivity index (χ1n) is 9.41. The maximum absolute atomic E-state index is 12.7. The molecule has 30 heavy (non-hydrogen) atoms. The maximum Gasteiger partial charge on any atom is 0.257 e. The summed E-state index contributed by atoms with van der Waals surface area (Å²) in [5, 5.41) is 12.2. The normalized spacial score (nSPS) is 12.4. The molecule has 10 heteroatoms. The molecule has 0 atom stereocenters. The van der Waals surface area contributed by atoms with Crippen LogP contribution in [0, 0.1) is 0 Å². The number of carbonyl (C=O) groups is 1. The van der Waals surface area contributed by atoms with E-state index >= 15 is 0 Å². The number of nitrogens with two attached hydrogens (primary N) is 1. The Morgan fingerprint density at radius 1 is 1.17 bits per heavy atom. The number of rotatable bonds is 6. The number of imidazole rings is 1. The molecule has 3 N–H and O–H groups in total. The van der Waals surface area contributed by atoms with Crippen LogP contribution in [0.5, 0.6) is 11.5 Å². The topological polar surface area (TPSA) is 117 Å². The molecule has 3 heterocycles. The minimum absolute atomic E-state index is 0.214. The lowest BCUT2D eigenvalue weighted by molar-refractivity contribution is 0.102. The molecule has 1 aliphatic rings. The van der Waals surface area contributed by atoms with Crippen LogP contribution >= 0.6 is 11.3 Å². The Morgan fingerprint density at radius 3 is 2.97 bits per heavy atom. The van der Waals surface area contributed by atoms with Gasteiger partial charge in [0.25, 0.3) is 5.91 Å². The zero-order valence-electron chi connectivity index (χ0n) is 15.9. The summed E-state index contributed by atoms with van der Waals surface area (Å²) in [6.45, 7) is 1.63. The third-order valence-corrected chi connectivity index (χ3v) is 5.64. The van der Waals surface area contributed by atoms with E-state index in [1.165, 1.54) is 11.3 Å². The van der Waals surface area contributed by atoms with E-state index in [1.54, 1.807) is 18.5 Å². The summed E-state index contributed by atoms with van der Waals surface area (Å²) in [5.74, 6) is 1.12. The third-order valence-electron chi connectivity index (χ3n) is 4.75. The van der Waals surface area contributed by atoms with Gasteiger partial charge in [0, 0.05) is 17.7 Å². The molecule has 0 aliphatic carbocycles. The third kappa shape index (κ3) is 3.46. The first kappa shape index (κ1) is 18.5. The molecule has 4 aromatic rings. The van der Waals surface area contributed by atoms with Gasteiger partial charge in [-0.1, -0.05) is 11.3 Å². The van der Waals surface area contributed by atoms with Gasteiger partial charge in [-0.15, -0.1) is 10.2 Å². The van der Waals surface area contributed by atoms with E-state index < -0.39 is 0 Å². The van der Waals surface area contributed by atoms with E-state index in [2.05, 4.69) is 20.5 Å². The van der Waals surface area contributed by atoms with Crippen molar-refractivity contribution in [2.75, 3.05) is 18.7 Å². The summed E-state index contributed by atoms with van der Waals surface area (Å²) in [4.78, 5) is 17.1. The van der Waals surface area contributed by atoms with Crippen LogP contribution in [0.1, 0.15) is 16.8 Å². The smallest absolute Gasteiger partial charge is 0.257 e.